The largest absolute Gasteiger partial charge is 0.326 e. The Morgan fingerprint density at radius 1 is 1.38 bits per heavy atom. The van der Waals surface area contributed by atoms with Gasteiger partial charge in [-0.1, -0.05) is 6.07 Å². The van der Waals surface area contributed by atoms with Crippen molar-refractivity contribution < 1.29 is 12.8 Å². The summed E-state index contributed by atoms with van der Waals surface area (Å²) in [6, 6.07) is 3.59. The van der Waals surface area contributed by atoms with Crippen molar-refractivity contribution in [3.8, 4) is 0 Å². The molecule has 1 aliphatic heterocycles. The van der Waals surface area contributed by atoms with Gasteiger partial charge in [-0.25, -0.2) is 12.8 Å². The van der Waals surface area contributed by atoms with Crippen LogP contribution in [0.1, 0.15) is 18.9 Å². The average molecular weight is 315 g/mol. The molecule has 1 fully saturated rings. The highest BCUT2D eigenvalue weighted by Gasteiger charge is 2.32. The predicted octanol–water partition coefficient (Wildman–Crippen LogP) is 0.999. The molecule has 1 unspecified atom stereocenters. The van der Waals surface area contributed by atoms with Crippen molar-refractivity contribution in [3.05, 3.63) is 29.6 Å². The highest BCUT2D eigenvalue weighted by Crippen LogP contribution is 2.24. The Balaban J connectivity index is 2.43. The summed E-state index contributed by atoms with van der Waals surface area (Å²) in [5.41, 5.74) is 6.05. The van der Waals surface area contributed by atoms with Crippen LogP contribution in [0.15, 0.2) is 23.1 Å². The molecule has 0 bridgehead atoms. The van der Waals surface area contributed by atoms with Gasteiger partial charge in [-0.3, -0.25) is 0 Å². The normalized spacial score (nSPS) is 22.2. The van der Waals surface area contributed by atoms with E-state index in [9.17, 15) is 12.8 Å². The van der Waals surface area contributed by atoms with Gasteiger partial charge in [-0.15, -0.1) is 0 Å². The molecule has 0 aliphatic carbocycles. The summed E-state index contributed by atoms with van der Waals surface area (Å²) in [5, 5.41) is 0. The predicted molar refractivity (Wildman–Crippen MR) is 79.8 cm³/mol. The first-order valence-corrected chi connectivity index (χ1v) is 8.49. The summed E-state index contributed by atoms with van der Waals surface area (Å²) in [7, 11) is -1.76. The summed E-state index contributed by atoms with van der Waals surface area (Å²) in [6.45, 7) is 3.89. The second-order valence-electron chi connectivity index (χ2n) is 5.54. The minimum absolute atomic E-state index is 0.0126. The zero-order valence-corrected chi connectivity index (χ0v) is 13.2. The topological polar surface area (TPSA) is 66.6 Å². The Labute approximate surface area is 125 Å². The monoisotopic (exact) mass is 315 g/mol. The third-order valence-electron chi connectivity index (χ3n) is 3.82. The van der Waals surface area contributed by atoms with E-state index in [4.69, 9.17) is 5.73 Å². The van der Waals surface area contributed by atoms with E-state index in [0.29, 0.717) is 18.7 Å². The van der Waals surface area contributed by atoms with Crippen molar-refractivity contribution in [2.45, 2.75) is 30.8 Å². The third kappa shape index (κ3) is 3.42. The Bertz CT molecular complexity index is 606. The van der Waals surface area contributed by atoms with Crippen LogP contribution in [-0.4, -0.2) is 50.3 Å². The lowest BCUT2D eigenvalue weighted by atomic mass is 10.2. The molecule has 1 aromatic rings. The van der Waals surface area contributed by atoms with Crippen LogP contribution in [0.4, 0.5) is 4.39 Å². The molecular formula is C14H22FN3O2S. The molecule has 118 valence electrons. The van der Waals surface area contributed by atoms with Crippen molar-refractivity contribution in [2.24, 2.45) is 5.73 Å². The van der Waals surface area contributed by atoms with Gasteiger partial charge in [-0.05, 0) is 44.6 Å². The van der Waals surface area contributed by atoms with Crippen LogP contribution >= 0.6 is 0 Å². The molecular weight excluding hydrogens is 293 g/mol. The van der Waals surface area contributed by atoms with Crippen LogP contribution in [0.2, 0.25) is 0 Å². The van der Waals surface area contributed by atoms with Gasteiger partial charge < -0.3 is 10.6 Å². The van der Waals surface area contributed by atoms with Gasteiger partial charge in [0.15, 0.2) is 0 Å². The molecule has 0 aromatic heterocycles. The Morgan fingerprint density at radius 2 is 2.10 bits per heavy atom. The van der Waals surface area contributed by atoms with Crippen LogP contribution in [0.25, 0.3) is 0 Å². The molecule has 0 saturated carbocycles. The van der Waals surface area contributed by atoms with E-state index < -0.39 is 15.8 Å². The highest BCUT2D eigenvalue weighted by molar-refractivity contribution is 7.89. The number of hydrogen-bond acceptors (Lipinski definition) is 4. The second kappa shape index (κ2) is 6.39. The number of nitrogens with zero attached hydrogens (tertiary/aromatic N) is 2. The highest BCUT2D eigenvalue weighted by atomic mass is 32.2. The molecule has 0 amide bonds. The lowest BCUT2D eigenvalue weighted by Crippen LogP contribution is -2.42. The summed E-state index contributed by atoms with van der Waals surface area (Å²) < 4.78 is 40.7. The quantitative estimate of drug-likeness (QED) is 0.903. The van der Waals surface area contributed by atoms with Gasteiger partial charge in [0.2, 0.25) is 10.0 Å². The number of rotatable bonds is 3. The van der Waals surface area contributed by atoms with Crippen LogP contribution in [-0.2, 0) is 16.6 Å². The minimum atomic E-state index is -3.74. The molecule has 1 saturated heterocycles. The van der Waals surface area contributed by atoms with Gasteiger partial charge in [0.25, 0.3) is 0 Å². The van der Waals surface area contributed by atoms with Crippen molar-refractivity contribution >= 4 is 10.0 Å². The molecule has 7 heteroatoms. The zero-order chi connectivity index (χ0) is 15.6. The van der Waals surface area contributed by atoms with Crippen LogP contribution < -0.4 is 5.73 Å². The number of nitrogens with two attached hydrogens (primary N) is 1. The van der Waals surface area contributed by atoms with Crippen molar-refractivity contribution in [2.75, 3.05) is 26.7 Å². The van der Waals surface area contributed by atoms with Crippen molar-refractivity contribution in [3.63, 3.8) is 0 Å². The van der Waals surface area contributed by atoms with Crippen molar-refractivity contribution in [1.82, 2.24) is 9.21 Å². The van der Waals surface area contributed by atoms with E-state index in [2.05, 4.69) is 4.90 Å². The van der Waals surface area contributed by atoms with E-state index in [1.807, 2.05) is 14.0 Å². The van der Waals surface area contributed by atoms with Crippen LogP contribution in [0, 0.1) is 5.82 Å². The van der Waals surface area contributed by atoms with E-state index >= 15 is 0 Å². The maximum Gasteiger partial charge on any atom is 0.243 e. The van der Waals surface area contributed by atoms with E-state index in [1.54, 1.807) is 0 Å². The maximum absolute atomic E-state index is 13.5. The Morgan fingerprint density at radius 3 is 2.76 bits per heavy atom. The molecule has 1 aromatic carbocycles. The minimum Gasteiger partial charge on any atom is -0.326 e. The van der Waals surface area contributed by atoms with E-state index in [1.165, 1.54) is 16.4 Å². The fourth-order valence-corrected chi connectivity index (χ4v) is 4.68. The molecule has 21 heavy (non-hydrogen) atoms. The smallest absolute Gasteiger partial charge is 0.243 e. The summed E-state index contributed by atoms with van der Waals surface area (Å²) in [6.07, 6.45) is 0.757. The molecule has 1 heterocycles. The first-order chi connectivity index (χ1) is 9.86. The Kier molecular flexibility index (Phi) is 4.98. The number of hydrogen-bond donors (Lipinski definition) is 1. The van der Waals surface area contributed by atoms with Gasteiger partial charge in [-0.2, -0.15) is 4.31 Å². The maximum atomic E-state index is 13.5. The van der Waals surface area contributed by atoms with Gasteiger partial charge >= 0.3 is 0 Å². The fraction of sp³-hybridized carbons (Fsp3) is 0.571. The summed E-state index contributed by atoms with van der Waals surface area (Å²) >= 11 is 0. The number of sulfonamides is 1. The van der Waals surface area contributed by atoms with E-state index in [0.717, 1.165) is 19.0 Å². The summed E-state index contributed by atoms with van der Waals surface area (Å²) in [5.74, 6) is -0.564. The lowest BCUT2D eigenvalue weighted by Gasteiger charge is -2.28. The average Bonchev–Trinajstić information content (AvgIpc) is 2.59. The number of halogens is 1. The van der Waals surface area contributed by atoms with Gasteiger partial charge in [0, 0.05) is 25.7 Å². The molecule has 0 radical (unpaired) electrons. The first-order valence-electron chi connectivity index (χ1n) is 7.05. The summed E-state index contributed by atoms with van der Waals surface area (Å²) in [4.78, 5) is 2.09. The second-order valence-corrected chi connectivity index (χ2v) is 7.40. The molecule has 2 rings (SSSR count). The Hall–Kier alpha value is -1.02. The van der Waals surface area contributed by atoms with Crippen LogP contribution in [0.5, 0.6) is 0 Å². The zero-order valence-electron chi connectivity index (χ0n) is 12.4. The number of likely N-dealkylation sites (N-methyl/N-ethyl adjacent to an activating group) is 1. The number of benzene rings is 1. The fourth-order valence-electron chi connectivity index (χ4n) is 2.77. The molecule has 2 N–H and O–H groups in total. The third-order valence-corrected chi connectivity index (χ3v) is 5.92. The van der Waals surface area contributed by atoms with Crippen LogP contribution in [0.3, 0.4) is 0 Å². The van der Waals surface area contributed by atoms with Gasteiger partial charge in [0.05, 0.1) is 4.90 Å². The lowest BCUT2D eigenvalue weighted by molar-refractivity contribution is 0.290. The molecule has 5 nitrogen and oxygen atoms in total. The standard InChI is InChI=1S/C14H22FN3O2S/c1-11-10-17(2)6-3-7-18(11)21(19,20)14-8-13(15)5-4-12(14)9-16/h4-5,8,11H,3,6-7,9-10,16H2,1-2H3. The molecule has 0 spiro atoms. The van der Waals surface area contributed by atoms with E-state index in [-0.39, 0.29) is 17.5 Å². The van der Waals surface area contributed by atoms with Crippen molar-refractivity contribution in [1.29, 1.82) is 0 Å². The molecule has 1 aliphatic rings. The molecule has 1 atom stereocenters. The SMILES string of the molecule is CC1CN(C)CCCN1S(=O)(=O)c1cc(F)ccc1CN. The van der Waals surface area contributed by atoms with Gasteiger partial charge in [0.1, 0.15) is 5.82 Å². The first kappa shape index (κ1) is 16.4.